The van der Waals surface area contributed by atoms with E-state index >= 15 is 0 Å². The molecule has 0 spiro atoms. The van der Waals surface area contributed by atoms with Crippen molar-refractivity contribution >= 4 is 23.4 Å². The monoisotopic (exact) mass is 521 g/mol. The highest BCUT2D eigenvalue weighted by Gasteiger charge is 2.42. The van der Waals surface area contributed by atoms with E-state index in [1.165, 1.54) is 0 Å². The third-order valence-electron chi connectivity index (χ3n) is 7.71. The maximum atomic E-state index is 13.8. The van der Waals surface area contributed by atoms with Gasteiger partial charge in [-0.2, -0.15) is 0 Å². The van der Waals surface area contributed by atoms with Gasteiger partial charge in [0.25, 0.3) is 0 Å². The Balaban J connectivity index is 1.52. The van der Waals surface area contributed by atoms with Gasteiger partial charge in [-0.05, 0) is 80.3 Å². The first kappa shape index (κ1) is 25.4. The minimum absolute atomic E-state index is 0.0205. The number of hydrogen-bond donors (Lipinski definition) is 1. The van der Waals surface area contributed by atoms with Crippen molar-refractivity contribution in [1.82, 2.24) is 5.32 Å². The average molecular weight is 522 g/mol. The molecule has 5 rings (SSSR count). The first-order chi connectivity index (χ1) is 17.9. The van der Waals surface area contributed by atoms with Crippen molar-refractivity contribution in [1.29, 1.82) is 0 Å². The van der Waals surface area contributed by atoms with Gasteiger partial charge in [-0.25, -0.2) is 4.79 Å². The number of halogens is 1. The summed E-state index contributed by atoms with van der Waals surface area (Å²) in [5, 5.41) is 4.03. The van der Waals surface area contributed by atoms with Gasteiger partial charge >= 0.3 is 5.97 Å². The summed E-state index contributed by atoms with van der Waals surface area (Å²) in [6.07, 6.45) is 4.83. The highest BCUT2D eigenvalue weighted by Crippen LogP contribution is 2.47. The summed E-state index contributed by atoms with van der Waals surface area (Å²) in [5.74, 6) is 0.433. The number of benzene rings is 2. The summed E-state index contributed by atoms with van der Waals surface area (Å²) >= 11 is 6.18. The quantitative estimate of drug-likeness (QED) is 0.456. The molecule has 2 aliphatic carbocycles. The van der Waals surface area contributed by atoms with Crippen LogP contribution < -0.4 is 14.8 Å². The van der Waals surface area contributed by atoms with Crippen LogP contribution in [0.2, 0.25) is 5.02 Å². The molecule has 0 radical (unpaired) electrons. The predicted octanol–water partition coefficient (Wildman–Crippen LogP) is 6.20. The van der Waals surface area contributed by atoms with Gasteiger partial charge in [-0.1, -0.05) is 29.8 Å². The molecule has 0 bridgehead atoms. The highest BCUT2D eigenvalue weighted by atomic mass is 35.5. The molecule has 1 heterocycles. The Morgan fingerprint density at radius 3 is 2.30 bits per heavy atom. The fourth-order valence-corrected chi connectivity index (χ4v) is 5.99. The zero-order valence-electron chi connectivity index (χ0n) is 21.4. The maximum Gasteiger partial charge on any atom is 0.337 e. The number of ketones is 1. The van der Waals surface area contributed by atoms with Crippen LogP contribution in [-0.2, 0) is 14.3 Å². The largest absolute Gasteiger partial charge is 0.493 e. The number of carbonyl (C=O) groups excluding carboxylic acids is 2. The zero-order valence-corrected chi connectivity index (χ0v) is 22.2. The van der Waals surface area contributed by atoms with E-state index in [2.05, 4.69) is 5.32 Å². The number of esters is 1. The minimum Gasteiger partial charge on any atom is -0.493 e. The van der Waals surface area contributed by atoms with E-state index in [-0.39, 0.29) is 23.8 Å². The molecule has 0 saturated heterocycles. The van der Waals surface area contributed by atoms with Gasteiger partial charge in [0, 0.05) is 34.3 Å². The second-order valence-electron chi connectivity index (χ2n) is 10.00. The average Bonchev–Trinajstić information content (AvgIpc) is 3.40. The lowest BCUT2D eigenvalue weighted by atomic mass is 9.71. The molecule has 0 unspecified atom stereocenters. The van der Waals surface area contributed by atoms with E-state index in [0.29, 0.717) is 40.5 Å². The topological polar surface area (TPSA) is 73.9 Å². The number of methoxy groups -OCH3 is 2. The molecule has 6 nitrogen and oxygen atoms in total. The molecule has 7 heteroatoms. The summed E-state index contributed by atoms with van der Waals surface area (Å²) in [7, 11) is 3.21. The standard InChI is InChI=1S/C30H32ClNO5/c1-17-27(30(34)37-22-6-4-5-7-22)28(18-8-11-21(31)12-9-18)29-23(32-17)14-20(15-24(29)33)19-10-13-25(35-2)26(16-19)36-3/h8-13,16,20,22,28,32H,4-7,14-15H2,1-3H3/t20-,28-/m1/s1. The fourth-order valence-electron chi connectivity index (χ4n) is 5.86. The summed E-state index contributed by atoms with van der Waals surface area (Å²) in [6, 6.07) is 13.2. The maximum absolute atomic E-state index is 13.8. The Labute approximate surface area is 222 Å². The van der Waals surface area contributed by atoms with Crippen molar-refractivity contribution in [3.63, 3.8) is 0 Å². The van der Waals surface area contributed by atoms with Crippen LogP contribution in [0.5, 0.6) is 11.5 Å². The second kappa shape index (κ2) is 10.6. The van der Waals surface area contributed by atoms with E-state index in [9.17, 15) is 9.59 Å². The first-order valence-electron chi connectivity index (χ1n) is 12.8. The molecule has 1 fully saturated rings. The van der Waals surface area contributed by atoms with E-state index in [0.717, 1.165) is 48.2 Å². The Bertz CT molecular complexity index is 1270. The van der Waals surface area contributed by atoms with Crippen LogP contribution in [0.4, 0.5) is 0 Å². The molecule has 2 aromatic rings. The normalized spacial score (nSPS) is 22.0. The Kier molecular flexibility index (Phi) is 7.29. The van der Waals surface area contributed by atoms with Gasteiger partial charge in [-0.3, -0.25) is 4.79 Å². The van der Waals surface area contributed by atoms with Crippen molar-refractivity contribution < 1.29 is 23.8 Å². The molecule has 0 amide bonds. The number of dihydropyridines is 1. The number of carbonyl (C=O) groups is 2. The van der Waals surface area contributed by atoms with Crippen LogP contribution in [0, 0.1) is 0 Å². The highest BCUT2D eigenvalue weighted by molar-refractivity contribution is 6.30. The minimum atomic E-state index is -0.499. The van der Waals surface area contributed by atoms with Crippen LogP contribution in [0.25, 0.3) is 0 Å². The lowest BCUT2D eigenvalue weighted by Crippen LogP contribution is -2.36. The summed E-state index contributed by atoms with van der Waals surface area (Å²) in [5.41, 5.74) is 4.59. The van der Waals surface area contributed by atoms with Gasteiger partial charge in [0.2, 0.25) is 0 Å². The number of nitrogens with one attached hydrogen (secondary N) is 1. The zero-order chi connectivity index (χ0) is 26.1. The number of ether oxygens (including phenoxy) is 3. The van der Waals surface area contributed by atoms with E-state index in [4.69, 9.17) is 25.8 Å². The SMILES string of the molecule is COc1ccc([C@H]2CC(=O)C3=C(C2)NC(C)=C(C(=O)OC2CCCC2)[C@H]3c2ccc(Cl)cc2)cc1OC. The van der Waals surface area contributed by atoms with Crippen LogP contribution in [0.15, 0.2) is 65.0 Å². The van der Waals surface area contributed by atoms with Gasteiger partial charge in [-0.15, -0.1) is 0 Å². The Morgan fingerprint density at radius 2 is 1.62 bits per heavy atom. The van der Waals surface area contributed by atoms with Crippen LogP contribution in [0.1, 0.15) is 68.4 Å². The van der Waals surface area contributed by atoms with Crippen molar-refractivity contribution in [2.24, 2.45) is 0 Å². The van der Waals surface area contributed by atoms with Gasteiger partial charge in [0.05, 0.1) is 19.8 Å². The summed E-state index contributed by atoms with van der Waals surface area (Å²) in [6.45, 7) is 1.89. The fraction of sp³-hybridized carbons (Fsp3) is 0.400. The van der Waals surface area contributed by atoms with Crippen molar-refractivity contribution in [3.05, 3.63) is 81.2 Å². The predicted molar refractivity (Wildman–Crippen MR) is 142 cm³/mol. The number of hydrogen-bond acceptors (Lipinski definition) is 6. The second-order valence-corrected chi connectivity index (χ2v) is 10.4. The van der Waals surface area contributed by atoms with Crippen LogP contribution in [0.3, 0.4) is 0 Å². The van der Waals surface area contributed by atoms with Crippen molar-refractivity contribution in [2.75, 3.05) is 14.2 Å². The van der Waals surface area contributed by atoms with Crippen LogP contribution >= 0.6 is 11.6 Å². The Hall–Kier alpha value is -3.25. The van der Waals surface area contributed by atoms with Gasteiger partial charge in [0.15, 0.2) is 17.3 Å². The smallest absolute Gasteiger partial charge is 0.337 e. The molecule has 2 aromatic carbocycles. The molecule has 1 saturated carbocycles. The molecule has 1 N–H and O–H groups in total. The number of allylic oxidation sites excluding steroid dienone is 3. The molecule has 194 valence electrons. The van der Waals surface area contributed by atoms with E-state index in [1.807, 2.05) is 37.3 Å². The molecule has 1 aliphatic heterocycles. The third kappa shape index (κ3) is 4.99. The number of Topliss-reactive ketones (excluding diaryl/α,β-unsaturated/α-hetero) is 1. The molecular weight excluding hydrogens is 490 g/mol. The summed E-state index contributed by atoms with van der Waals surface area (Å²) < 4.78 is 16.8. The van der Waals surface area contributed by atoms with E-state index < -0.39 is 5.92 Å². The van der Waals surface area contributed by atoms with Crippen molar-refractivity contribution in [2.45, 2.75) is 63.4 Å². The molecule has 37 heavy (non-hydrogen) atoms. The molecule has 2 atom stereocenters. The van der Waals surface area contributed by atoms with E-state index in [1.54, 1.807) is 26.4 Å². The number of rotatable bonds is 6. The molecule has 0 aromatic heterocycles. The molecule has 3 aliphatic rings. The Morgan fingerprint density at radius 1 is 0.946 bits per heavy atom. The first-order valence-corrected chi connectivity index (χ1v) is 13.2. The van der Waals surface area contributed by atoms with Crippen LogP contribution in [-0.4, -0.2) is 32.1 Å². The lowest BCUT2D eigenvalue weighted by molar-refractivity contribution is -0.144. The van der Waals surface area contributed by atoms with Crippen molar-refractivity contribution in [3.8, 4) is 11.5 Å². The van der Waals surface area contributed by atoms with Gasteiger partial charge in [0.1, 0.15) is 6.10 Å². The molecular formula is C30H32ClNO5. The third-order valence-corrected chi connectivity index (χ3v) is 7.96. The lowest BCUT2D eigenvalue weighted by Gasteiger charge is -2.37. The summed E-state index contributed by atoms with van der Waals surface area (Å²) in [4.78, 5) is 27.3. The van der Waals surface area contributed by atoms with Gasteiger partial charge < -0.3 is 19.5 Å².